The van der Waals surface area contributed by atoms with Gasteiger partial charge in [0.1, 0.15) is 5.82 Å². The van der Waals surface area contributed by atoms with Crippen LogP contribution in [0.25, 0.3) is 0 Å². The van der Waals surface area contributed by atoms with E-state index in [4.69, 9.17) is 0 Å². The Morgan fingerprint density at radius 3 is 2.83 bits per heavy atom. The lowest BCUT2D eigenvalue weighted by Gasteiger charge is -2.30. The van der Waals surface area contributed by atoms with E-state index in [-0.39, 0.29) is 0 Å². The maximum atomic E-state index is 4.47. The van der Waals surface area contributed by atoms with Gasteiger partial charge in [-0.15, -0.1) is 0 Å². The molecule has 1 unspecified atom stereocenters. The van der Waals surface area contributed by atoms with Crippen molar-refractivity contribution in [2.24, 2.45) is 5.92 Å². The molecule has 0 aromatic carbocycles. The van der Waals surface area contributed by atoms with Crippen LogP contribution in [0.5, 0.6) is 0 Å². The minimum atomic E-state index is 0.607. The summed E-state index contributed by atoms with van der Waals surface area (Å²) in [6.07, 6.45) is 13.4. The molecule has 0 bridgehead atoms. The normalized spacial score (nSPS) is 19.0. The molecule has 1 N–H and O–H groups in total. The van der Waals surface area contributed by atoms with Crippen molar-refractivity contribution in [3.05, 3.63) is 18.2 Å². The molecule has 1 aliphatic rings. The molecule has 0 saturated heterocycles. The molecule has 1 aromatic rings. The third-order valence-corrected chi connectivity index (χ3v) is 4.26. The van der Waals surface area contributed by atoms with Crippen LogP contribution in [-0.2, 0) is 13.0 Å². The number of aromatic nitrogens is 2. The van der Waals surface area contributed by atoms with Crippen LogP contribution in [0.15, 0.2) is 12.4 Å². The first-order valence-electron chi connectivity index (χ1n) is 7.52. The van der Waals surface area contributed by atoms with Gasteiger partial charge in [0.05, 0.1) is 0 Å². The van der Waals surface area contributed by atoms with Gasteiger partial charge in [-0.25, -0.2) is 4.98 Å². The first kappa shape index (κ1) is 13.6. The summed E-state index contributed by atoms with van der Waals surface area (Å²) < 4.78 is 2.35. The molecular weight excluding hydrogens is 222 g/mol. The number of nitrogens with one attached hydrogen (secondary N) is 1. The van der Waals surface area contributed by atoms with E-state index < -0.39 is 0 Å². The molecule has 1 atom stereocenters. The Morgan fingerprint density at radius 2 is 2.17 bits per heavy atom. The van der Waals surface area contributed by atoms with E-state index in [1.807, 2.05) is 6.20 Å². The van der Waals surface area contributed by atoms with E-state index in [1.54, 1.807) is 0 Å². The zero-order chi connectivity index (χ0) is 12.8. The summed E-state index contributed by atoms with van der Waals surface area (Å²) >= 11 is 0. The molecule has 18 heavy (non-hydrogen) atoms. The fourth-order valence-corrected chi connectivity index (χ4v) is 3.18. The van der Waals surface area contributed by atoms with E-state index in [9.17, 15) is 0 Å². The Kier molecular flexibility index (Phi) is 5.24. The lowest BCUT2D eigenvalue weighted by molar-refractivity contribution is 0.256. The van der Waals surface area contributed by atoms with Crippen molar-refractivity contribution in [1.82, 2.24) is 14.9 Å². The van der Waals surface area contributed by atoms with Crippen LogP contribution >= 0.6 is 0 Å². The molecule has 102 valence electrons. The van der Waals surface area contributed by atoms with Gasteiger partial charge < -0.3 is 9.88 Å². The van der Waals surface area contributed by atoms with Gasteiger partial charge in [-0.3, -0.25) is 0 Å². The summed E-state index contributed by atoms with van der Waals surface area (Å²) in [4.78, 5) is 4.47. The number of hydrogen-bond donors (Lipinski definition) is 1. The van der Waals surface area contributed by atoms with E-state index in [2.05, 4.69) is 35.0 Å². The summed E-state index contributed by atoms with van der Waals surface area (Å²) in [7, 11) is 2.11. The number of imidazole rings is 1. The largest absolute Gasteiger partial charge is 0.333 e. The summed E-state index contributed by atoms with van der Waals surface area (Å²) in [5, 5.41) is 3.53. The Labute approximate surface area is 111 Å². The van der Waals surface area contributed by atoms with Gasteiger partial charge in [0, 0.05) is 31.4 Å². The summed E-state index contributed by atoms with van der Waals surface area (Å²) in [6.45, 7) is 3.30. The standard InChI is InChI=1S/C15H27N3/c1-3-7-15-17-10-11-18(15)12-14(16-2)13-8-5-4-6-9-13/h10-11,13-14,16H,3-9,12H2,1-2H3. The minimum Gasteiger partial charge on any atom is -0.333 e. The van der Waals surface area contributed by atoms with Crippen molar-refractivity contribution in [2.45, 2.75) is 64.5 Å². The second-order valence-corrected chi connectivity index (χ2v) is 5.54. The van der Waals surface area contributed by atoms with Crippen molar-refractivity contribution in [3.63, 3.8) is 0 Å². The highest BCUT2D eigenvalue weighted by molar-refractivity contribution is 4.94. The zero-order valence-electron chi connectivity index (χ0n) is 11.9. The zero-order valence-corrected chi connectivity index (χ0v) is 11.9. The van der Waals surface area contributed by atoms with Crippen molar-refractivity contribution in [3.8, 4) is 0 Å². The molecule has 1 saturated carbocycles. The number of hydrogen-bond acceptors (Lipinski definition) is 2. The second-order valence-electron chi connectivity index (χ2n) is 5.54. The first-order valence-corrected chi connectivity index (χ1v) is 7.52. The average Bonchev–Trinajstić information content (AvgIpc) is 2.85. The highest BCUT2D eigenvalue weighted by Crippen LogP contribution is 2.27. The fourth-order valence-electron chi connectivity index (χ4n) is 3.18. The third kappa shape index (κ3) is 3.35. The predicted octanol–water partition coefficient (Wildman–Crippen LogP) is 3.00. The molecular formula is C15H27N3. The molecule has 0 amide bonds. The Hall–Kier alpha value is -0.830. The first-order chi connectivity index (χ1) is 8.85. The number of nitrogens with zero attached hydrogens (tertiary/aromatic N) is 2. The van der Waals surface area contributed by atoms with Crippen molar-refractivity contribution >= 4 is 0 Å². The Morgan fingerprint density at radius 1 is 1.39 bits per heavy atom. The van der Waals surface area contributed by atoms with Gasteiger partial charge in [-0.05, 0) is 32.2 Å². The van der Waals surface area contributed by atoms with Gasteiger partial charge in [-0.2, -0.15) is 0 Å². The van der Waals surface area contributed by atoms with Gasteiger partial charge in [-0.1, -0.05) is 26.2 Å². The average molecular weight is 249 g/mol. The molecule has 3 heteroatoms. The SMILES string of the molecule is CCCc1nccn1CC(NC)C1CCCCC1. The Bertz CT molecular complexity index is 339. The van der Waals surface area contributed by atoms with Crippen LogP contribution in [0.3, 0.4) is 0 Å². The van der Waals surface area contributed by atoms with Crippen LogP contribution in [0, 0.1) is 5.92 Å². The van der Waals surface area contributed by atoms with Crippen molar-refractivity contribution < 1.29 is 0 Å². The van der Waals surface area contributed by atoms with Crippen LogP contribution in [0.2, 0.25) is 0 Å². The molecule has 0 spiro atoms. The molecule has 2 rings (SSSR count). The van der Waals surface area contributed by atoms with Crippen molar-refractivity contribution in [1.29, 1.82) is 0 Å². The van der Waals surface area contributed by atoms with Gasteiger partial charge in [0.2, 0.25) is 0 Å². The predicted molar refractivity (Wildman–Crippen MR) is 75.6 cm³/mol. The van der Waals surface area contributed by atoms with E-state index in [0.29, 0.717) is 6.04 Å². The summed E-state index contributed by atoms with van der Waals surface area (Å²) in [5.74, 6) is 2.09. The van der Waals surface area contributed by atoms with Gasteiger partial charge >= 0.3 is 0 Å². The van der Waals surface area contributed by atoms with E-state index >= 15 is 0 Å². The van der Waals surface area contributed by atoms with Crippen LogP contribution in [0.1, 0.15) is 51.3 Å². The summed E-state index contributed by atoms with van der Waals surface area (Å²) in [5.41, 5.74) is 0. The highest BCUT2D eigenvalue weighted by Gasteiger charge is 2.23. The highest BCUT2D eigenvalue weighted by atomic mass is 15.1. The minimum absolute atomic E-state index is 0.607. The maximum Gasteiger partial charge on any atom is 0.108 e. The van der Waals surface area contributed by atoms with E-state index in [1.165, 1.54) is 44.3 Å². The fraction of sp³-hybridized carbons (Fsp3) is 0.800. The lowest BCUT2D eigenvalue weighted by Crippen LogP contribution is -2.38. The van der Waals surface area contributed by atoms with Gasteiger partial charge in [0.25, 0.3) is 0 Å². The van der Waals surface area contributed by atoms with Crippen LogP contribution in [-0.4, -0.2) is 22.6 Å². The molecule has 1 aliphatic carbocycles. The molecule has 0 aliphatic heterocycles. The van der Waals surface area contributed by atoms with Gasteiger partial charge in [0.15, 0.2) is 0 Å². The lowest BCUT2D eigenvalue weighted by atomic mass is 9.84. The van der Waals surface area contributed by atoms with Crippen molar-refractivity contribution in [2.75, 3.05) is 7.05 Å². The Balaban J connectivity index is 1.98. The second kappa shape index (κ2) is 6.93. The monoisotopic (exact) mass is 249 g/mol. The maximum absolute atomic E-state index is 4.47. The summed E-state index contributed by atoms with van der Waals surface area (Å²) in [6, 6.07) is 0.607. The topological polar surface area (TPSA) is 29.9 Å². The van der Waals surface area contributed by atoms with E-state index in [0.717, 1.165) is 18.9 Å². The smallest absolute Gasteiger partial charge is 0.108 e. The van der Waals surface area contributed by atoms with Crippen LogP contribution in [0.4, 0.5) is 0 Å². The number of likely N-dealkylation sites (N-methyl/N-ethyl adjacent to an activating group) is 1. The molecule has 1 aromatic heterocycles. The molecule has 3 nitrogen and oxygen atoms in total. The quantitative estimate of drug-likeness (QED) is 0.840. The third-order valence-electron chi connectivity index (χ3n) is 4.26. The molecule has 1 heterocycles. The molecule has 0 radical (unpaired) electrons. The molecule has 1 fully saturated rings. The number of rotatable bonds is 6. The number of aryl methyl sites for hydroxylation is 1. The van der Waals surface area contributed by atoms with Crippen LogP contribution < -0.4 is 5.32 Å².